The first-order chi connectivity index (χ1) is 7.10. The van der Waals surface area contributed by atoms with Gasteiger partial charge in [0.05, 0.1) is 0 Å². The molecule has 0 radical (unpaired) electrons. The Kier molecular flexibility index (Phi) is 5.07. The molecule has 0 aromatic carbocycles. The third kappa shape index (κ3) is 3.18. The van der Waals surface area contributed by atoms with Gasteiger partial charge in [0.2, 0.25) is 0 Å². The van der Waals surface area contributed by atoms with E-state index in [1.807, 2.05) is 0 Å². The smallest absolute Gasteiger partial charge is 0.0483 e. The van der Waals surface area contributed by atoms with Crippen LogP contribution < -0.4 is 0 Å². The van der Waals surface area contributed by atoms with Gasteiger partial charge < -0.3 is 10.2 Å². The van der Waals surface area contributed by atoms with Crippen molar-refractivity contribution in [3.8, 4) is 0 Å². The van der Waals surface area contributed by atoms with Gasteiger partial charge in [-0.15, -0.1) is 0 Å². The molecule has 0 aromatic heterocycles. The lowest BCUT2D eigenvalue weighted by atomic mass is 9.66. The highest BCUT2D eigenvalue weighted by atomic mass is 16.3. The maximum atomic E-state index is 9.30. The maximum absolute atomic E-state index is 9.30. The van der Waals surface area contributed by atoms with Crippen LogP contribution in [0.15, 0.2) is 0 Å². The van der Waals surface area contributed by atoms with Crippen LogP contribution in [0, 0.1) is 29.6 Å². The monoisotopic (exact) mass is 214 g/mol. The van der Waals surface area contributed by atoms with E-state index in [4.69, 9.17) is 0 Å². The number of aliphatic hydroxyl groups excluding tert-OH is 2. The lowest BCUT2D eigenvalue weighted by molar-refractivity contribution is 0.0273. The molecule has 0 heterocycles. The average molecular weight is 214 g/mol. The molecule has 2 heteroatoms. The number of aliphatic hydroxyl groups is 2. The van der Waals surface area contributed by atoms with Gasteiger partial charge >= 0.3 is 0 Å². The van der Waals surface area contributed by atoms with Crippen molar-refractivity contribution in [1.82, 2.24) is 0 Å². The Morgan fingerprint density at radius 1 is 1.07 bits per heavy atom. The molecule has 2 nitrogen and oxygen atoms in total. The minimum atomic E-state index is 0.0974. The molecule has 15 heavy (non-hydrogen) atoms. The number of rotatable bonds is 4. The molecule has 0 saturated heterocycles. The fourth-order valence-corrected chi connectivity index (χ4v) is 3.15. The summed E-state index contributed by atoms with van der Waals surface area (Å²) >= 11 is 0. The van der Waals surface area contributed by atoms with E-state index in [1.54, 1.807) is 0 Å². The van der Waals surface area contributed by atoms with Crippen LogP contribution in [0.4, 0.5) is 0 Å². The van der Waals surface area contributed by atoms with Gasteiger partial charge in [0, 0.05) is 19.1 Å². The van der Waals surface area contributed by atoms with Crippen molar-refractivity contribution >= 4 is 0 Å². The summed E-state index contributed by atoms with van der Waals surface area (Å²) in [5, 5.41) is 18.6. The van der Waals surface area contributed by atoms with Crippen molar-refractivity contribution in [2.45, 2.75) is 40.0 Å². The van der Waals surface area contributed by atoms with E-state index >= 15 is 0 Å². The lowest BCUT2D eigenvalue weighted by Gasteiger charge is -2.40. The number of hydrogen-bond donors (Lipinski definition) is 2. The molecular formula is C13H26O2. The highest BCUT2D eigenvalue weighted by Gasteiger charge is 2.35. The molecule has 1 rings (SSSR count). The van der Waals surface area contributed by atoms with Crippen LogP contribution >= 0.6 is 0 Å². The van der Waals surface area contributed by atoms with Gasteiger partial charge in [-0.1, -0.05) is 27.2 Å². The average Bonchev–Trinajstić information content (AvgIpc) is 2.19. The second-order valence-corrected chi connectivity index (χ2v) is 5.62. The molecule has 1 saturated carbocycles. The summed E-state index contributed by atoms with van der Waals surface area (Å²) in [6.45, 7) is 7.09. The Balaban J connectivity index is 2.68. The van der Waals surface area contributed by atoms with Gasteiger partial charge in [0.25, 0.3) is 0 Å². The van der Waals surface area contributed by atoms with Crippen molar-refractivity contribution in [2.24, 2.45) is 29.6 Å². The van der Waals surface area contributed by atoms with Crippen molar-refractivity contribution in [1.29, 1.82) is 0 Å². The SMILES string of the molecule is CC(C)[C@H]1CC[C@@H](C)CC1C(CO)CO. The molecule has 90 valence electrons. The predicted octanol–water partition coefficient (Wildman–Crippen LogP) is 2.30. The third-order valence-electron chi connectivity index (χ3n) is 4.15. The second kappa shape index (κ2) is 5.86. The summed E-state index contributed by atoms with van der Waals surface area (Å²) in [5.74, 6) is 2.73. The molecule has 3 atom stereocenters. The molecule has 2 N–H and O–H groups in total. The van der Waals surface area contributed by atoms with Gasteiger partial charge in [-0.25, -0.2) is 0 Å². The van der Waals surface area contributed by atoms with Gasteiger partial charge in [-0.2, -0.15) is 0 Å². The maximum Gasteiger partial charge on any atom is 0.0483 e. The molecule has 0 bridgehead atoms. The van der Waals surface area contributed by atoms with Crippen molar-refractivity contribution < 1.29 is 10.2 Å². The molecule has 0 amide bonds. The highest BCUT2D eigenvalue weighted by Crippen LogP contribution is 2.41. The fraction of sp³-hybridized carbons (Fsp3) is 1.00. The molecular weight excluding hydrogens is 188 g/mol. The fourth-order valence-electron chi connectivity index (χ4n) is 3.15. The van der Waals surface area contributed by atoms with Gasteiger partial charge in [0.15, 0.2) is 0 Å². The van der Waals surface area contributed by atoms with E-state index < -0.39 is 0 Å². The summed E-state index contributed by atoms with van der Waals surface area (Å²) < 4.78 is 0. The molecule has 1 aliphatic carbocycles. The van der Waals surface area contributed by atoms with Crippen LogP contribution in [-0.4, -0.2) is 23.4 Å². The normalized spacial score (nSPS) is 32.6. The third-order valence-corrected chi connectivity index (χ3v) is 4.15. The van der Waals surface area contributed by atoms with E-state index in [-0.39, 0.29) is 19.1 Å². The molecule has 1 aliphatic rings. The van der Waals surface area contributed by atoms with Crippen LogP contribution in [0.2, 0.25) is 0 Å². The summed E-state index contributed by atoms with van der Waals surface area (Å²) in [5.41, 5.74) is 0. The van der Waals surface area contributed by atoms with E-state index in [0.717, 1.165) is 5.92 Å². The Bertz CT molecular complexity index is 175. The van der Waals surface area contributed by atoms with E-state index in [2.05, 4.69) is 20.8 Å². The minimum Gasteiger partial charge on any atom is -0.396 e. The topological polar surface area (TPSA) is 40.5 Å². The van der Waals surface area contributed by atoms with Gasteiger partial charge in [0.1, 0.15) is 0 Å². The minimum absolute atomic E-state index is 0.0974. The lowest BCUT2D eigenvalue weighted by Crippen LogP contribution is -2.36. The molecule has 0 aliphatic heterocycles. The zero-order chi connectivity index (χ0) is 11.4. The van der Waals surface area contributed by atoms with Crippen LogP contribution in [0.25, 0.3) is 0 Å². The van der Waals surface area contributed by atoms with E-state index in [9.17, 15) is 10.2 Å². The molecule has 1 unspecified atom stereocenters. The largest absolute Gasteiger partial charge is 0.396 e. The van der Waals surface area contributed by atoms with Gasteiger partial charge in [-0.3, -0.25) is 0 Å². The second-order valence-electron chi connectivity index (χ2n) is 5.62. The van der Waals surface area contributed by atoms with Gasteiger partial charge in [-0.05, 0) is 36.5 Å². The standard InChI is InChI=1S/C13H26O2/c1-9(2)12-5-4-10(3)6-13(12)11(7-14)8-15/h9-15H,4-8H2,1-3H3/t10-,12-,13?/m1/s1. The first kappa shape index (κ1) is 13.0. The molecule has 1 fully saturated rings. The summed E-state index contributed by atoms with van der Waals surface area (Å²) in [7, 11) is 0. The summed E-state index contributed by atoms with van der Waals surface area (Å²) in [4.78, 5) is 0. The molecule has 0 spiro atoms. The number of hydrogen-bond acceptors (Lipinski definition) is 2. The van der Waals surface area contributed by atoms with Crippen molar-refractivity contribution in [3.05, 3.63) is 0 Å². The first-order valence-electron chi connectivity index (χ1n) is 6.31. The Morgan fingerprint density at radius 3 is 2.13 bits per heavy atom. The Labute approximate surface area is 93.7 Å². The summed E-state index contributed by atoms with van der Waals surface area (Å²) in [6.07, 6.45) is 3.75. The van der Waals surface area contributed by atoms with Crippen LogP contribution in [-0.2, 0) is 0 Å². The van der Waals surface area contributed by atoms with Crippen molar-refractivity contribution in [3.63, 3.8) is 0 Å². The van der Waals surface area contributed by atoms with E-state index in [0.29, 0.717) is 17.8 Å². The van der Waals surface area contributed by atoms with E-state index in [1.165, 1.54) is 19.3 Å². The molecule has 0 aromatic rings. The van der Waals surface area contributed by atoms with Crippen LogP contribution in [0.5, 0.6) is 0 Å². The zero-order valence-electron chi connectivity index (χ0n) is 10.3. The first-order valence-corrected chi connectivity index (χ1v) is 6.31. The van der Waals surface area contributed by atoms with Crippen molar-refractivity contribution in [2.75, 3.05) is 13.2 Å². The Hall–Kier alpha value is -0.0800. The van der Waals surface area contributed by atoms with Crippen LogP contribution in [0.1, 0.15) is 40.0 Å². The quantitative estimate of drug-likeness (QED) is 0.754. The van der Waals surface area contributed by atoms with Crippen LogP contribution in [0.3, 0.4) is 0 Å². The highest BCUT2D eigenvalue weighted by molar-refractivity contribution is 4.84. The predicted molar refractivity (Wildman–Crippen MR) is 62.5 cm³/mol. The summed E-state index contributed by atoms with van der Waals surface area (Å²) in [6, 6.07) is 0. The zero-order valence-corrected chi connectivity index (χ0v) is 10.3. The Morgan fingerprint density at radius 2 is 1.67 bits per heavy atom.